The number of hydrogen-bond acceptors (Lipinski definition) is 2. The number of aromatic nitrogens is 1. The average Bonchev–Trinajstić information content (AvgIpc) is 2.30. The van der Waals surface area contributed by atoms with Gasteiger partial charge in [0.1, 0.15) is 0 Å². The van der Waals surface area contributed by atoms with E-state index in [9.17, 15) is 0 Å². The molecular weight excluding hydrogens is 368 g/mol. The van der Waals surface area contributed by atoms with Crippen molar-refractivity contribution < 1.29 is 0 Å². The van der Waals surface area contributed by atoms with Crippen LogP contribution in [0.3, 0.4) is 0 Å². The lowest BCUT2D eigenvalue weighted by Gasteiger charge is -2.13. The Balaban J connectivity index is 2.64. The molecule has 2 nitrogen and oxygen atoms in total. The molecule has 1 N–H and O–H groups in total. The van der Waals surface area contributed by atoms with Crippen LogP contribution in [0.4, 0.5) is 5.69 Å². The third-order valence-electron chi connectivity index (χ3n) is 2.87. The molecule has 0 spiro atoms. The standard InChI is InChI=1S/C15H18Br2N2/c1-4-18-14-8-11(5-9(2)3)19-15-12(14)6-10(16)7-13(15)17/h6-9H,4-5H2,1-3H3,(H,18,19). The summed E-state index contributed by atoms with van der Waals surface area (Å²) < 4.78 is 2.09. The minimum absolute atomic E-state index is 0.605. The van der Waals surface area contributed by atoms with Gasteiger partial charge in [-0.2, -0.15) is 0 Å². The van der Waals surface area contributed by atoms with Gasteiger partial charge >= 0.3 is 0 Å². The van der Waals surface area contributed by atoms with E-state index in [1.807, 2.05) is 6.07 Å². The van der Waals surface area contributed by atoms with Gasteiger partial charge in [0.25, 0.3) is 0 Å². The molecule has 2 rings (SSSR count). The lowest BCUT2D eigenvalue weighted by Crippen LogP contribution is -2.03. The highest BCUT2D eigenvalue weighted by Gasteiger charge is 2.10. The Bertz CT molecular complexity index is 594. The van der Waals surface area contributed by atoms with E-state index in [2.05, 4.69) is 70.1 Å². The molecule has 102 valence electrons. The van der Waals surface area contributed by atoms with Crippen molar-refractivity contribution in [3.8, 4) is 0 Å². The van der Waals surface area contributed by atoms with Gasteiger partial charge in [0.15, 0.2) is 0 Å². The molecule has 0 saturated carbocycles. The molecular formula is C15H18Br2N2. The molecule has 2 aromatic rings. The van der Waals surface area contributed by atoms with Gasteiger partial charge in [-0.05, 0) is 53.4 Å². The van der Waals surface area contributed by atoms with Crippen molar-refractivity contribution in [1.29, 1.82) is 0 Å². The van der Waals surface area contributed by atoms with Gasteiger partial charge in [-0.15, -0.1) is 0 Å². The van der Waals surface area contributed by atoms with Gasteiger partial charge in [0, 0.05) is 32.3 Å². The second kappa shape index (κ2) is 6.23. The molecule has 1 aromatic carbocycles. The van der Waals surface area contributed by atoms with Crippen LogP contribution in [-0.2, 0) is 6.42 Å². The van der Waals surface area contributed by atoms with Crippen molar-refractivity contribution in [3.63, 3.8) is 0 Å². The highest BCUT2D eigenvalue weighted by Crippen LogP contribution is 2.32. The minimum Gasteiger partial charge on any atom is -0.385 e. The van der Waals surface area contributed by atoms with E-state index in [1.54, 1.807) is 0 Å². The topological polar surface area (TPSA) is 24.9 Å². The fourth-order valence-electron chi connectivity index (χ4n) is 2.16. The van der Waals surface area contributed by atoms with Gasteiger partial charge in [-0.3, -0.25) is 4.98 Å². The molecule has 4 heteroatoms. The maximum absolute atomic E-state index is 4.79. The lowest BCUT2D eigenvalue weighted by molar-refractivity contribution is 0.637. The van der Waals surface area contributed by atoms with Crippen molar-refractivity contribution in [3.05, 3.63) is 32.8 Å². The van der Waals surface area contributed by atoms with Gasteiger partial charge in [0.05, 0.1) is 5.52 Å². The maximum Gasteiger partial charge on any atom is 0.0868 e. The Kier molecular flexibility index (Phi) is 4.85. The monoisotopic (exact) mass is 384 g/mol. The highest BCUT2D eigenvalue weighted by molar-refractivity contribution is 9.11. The van der Waals surface area contributed by atoms with Gasteiger partial charge in [0.2, 0.25) is 0 Å². The van der Waals surface area contributed by atoms with Gasteiger partial charge < -0.3 is 5.32 Å². The van der Waals surface area contributed by atoms with Gasteiger partial charge in [-0.25, -0.2) is 0 Å². The number of halogens is 2. The third kappa shape index (κ3) is 3.48. The summed E-state index contributed by atoms with van der Waals surface area (Å²) in [6.45, 7) is 7.45. The fraction of sp³-hybridized carbons (Fsp3) is 0.400. The summed E-state index contributed by atoms with van der Waals surface area (Å²) in [6.07, 6.45) is 0.997. The molecule has 0 saturated heterocycles. The number of nitrogens with zero attached hydrogens (tertiary/aromatic N) is 1. The normalized spacial score (nSPS) is 11.3. The van der Waals surface area contributed by atoms with Crippen LogP contribution < -0.4 is 5.32 Å². The van der Waals surface area contributed by atoms with E-state index in [0.717, 1.165) is 44.2 Å². The van der Waals surface area contributed by atoms with Crippen molar-refractivity contribution in [2.45, 2.75) is 27.2 Å². The minimum atomic E-state index is 0.605. The summed E-state index contributed by atoms with van der Waals surface area (Å²) in [7, 11) is 0. The molecule has 0 radical (unpaired) electrons. The largest absolute Gasteiger partial charge is 0.385 e. The lowest BCUT2D eigenvalue weighted by atomic mass is 10.1. The average molecular weight is 386 g/mol. The molecule has 0 aliphatic carbocycles. The quantitative estimate of drug-likeness (QED) is 0.762. The second-order valence-corrected chi connectivity index (χ2v) is 6.84. The molecule has 0 unspecified atom stereocenters. The smallest absolute Gasteiger partial charge is 0.0868 e. The second-order valence-electron chi connectivity index (χ2n) is 5.07. The number of anilines is 1. The first-order valence-corrected chi connectivity index (χ1v) is 8.12. The summed E-state index contributed by atoms with van der Waals surface area (Å²) in [6, 6.07) is 6.33. The third-order valence-corrected chi connectivity index (χ3v) is 3.93. The zero-order chi connectivity index (χ0) is 14.0. The number of hydrogen-bond donors (Lipinski definition) is 1. The molecule has 0 fully saturated rings. The fourth-order valence-corrected chi connectivity index (χ4v) is 3.48. The van der Waals surface area contributed by atoms with E-state index < -0.39 is 0 Å². The predicted molar refractivity (Wildman–Crippen MR) is 89.8 cm³/mol. The molecule has 0 aliphatic rings. The summed E-state index contributed by atoms with van der Waals surface area (Å²) in [5, 5.41) is 4.59. The summed E-state index contributed by atoms with van der Waals surface area (Å²) >= 11 is 7.15. The van der Waals surface area contributed by atoms with Crippen LogP contribution in [0.15, 0.2) is 27.1 Å². The van der Waals surface area contributed by atoms with Crippen LogP contribution in [0.25, 0.3) is 10.9 Å². The van der Waals surface area contributed by atoms with Crippen molar-refractivity contribution in [2.24, 2.45) is 5.92 Å². The van der Waals surface area contributed by atoms with E-state index in [4.69, 9.17) is 4.98 Å². The van der Waals surface area contributed by atoms with E-state index >= 15 is 0 Å². The molecule has 1 aromatic heterocycles. The number of pyridine rings is 1. The Morgan fingerprint density at radius 2 is 1.95 bits per heavy atom. The zero-order valence-corrected chi connectivity index (χ0v) is 14.6. The Morgan fingerprint density at radius 1 is 1.21 bits per heavy atom. The van der Waals surface area contributed by atoms with Crippen LogP contribution in [0.5, 0.6) is 0 Å². The first-order chi connectivity index (χ1) is 9.01. The Labute approximate surface area is 131 Å². The summed E-state index contributed by atoms with van der Waals surface area (Å²) in [5.74, 6) is 0.605. The highest BCUT2D eigenvalue weighted by atomic mass is 79.9. The number of rotatable bonds is 4. The van der Waals surface area contributed by atoms with Crippen LogP contribution >= 0.6 is 31.9 Å². The molecule has 19 heavy (non-hydrogen) atoms. The van der Waals surface area contributed by atoms with Crippen LogP contribution in [0, 0.1) is 5.92 Å². The Morgan fingerprint density at radius 3 is 2.58 bits per heavy atom. The van der Waals surface area contributed by atoms with Crippen molar-refractivity contribution >= 4 is 48.5 Å². The van der Waals surface area contributed by atoms with Crippen LogP contribution in [0.2, 0.25) is 0 Å². The zero-order valence-electron chi connectivity index (χ0n) is 11.4. The number of nitrogens with one attached hydrogen (secondary N) is 1. The molecule has 0 atom stereocenters. The molecule has 0 aliphatic heterocycles. The predicted octanol–water partition coefficient (Wildman–Crippen LogP) is 5.39. The maximum atomic E-state index is 4.79. The van der Waals surface area contributed by atoms with E-state index in [-0.39, 0.29) is 0 Å². The first kappa shape index (κ1) is 14.8. The summed E-state index contributed by atoms with van der Waals surface area (Å²) in [5.41, 5.74) is 3.32. The van der Waals surface area contributed by atoms with Crippen molar-refractivity contribution in [2.75, 3.05) is 11.9 Å². The molecule has 0 amide bonds. The van der Waals surface area contributed by atoms with Crippen molar-refractivity contribution in [1.82, 2.24) is 4.98 Å². The van der Waals surface area contributed by atoms with E-state index in [0.29, 0.717) is 5.92 Å². The first-order valence-electron chi connectivity index (χ1n) is 6.53. The summed E-state index contributed by atoms with van der Waals surface area (Å²) in [4.78, 5) is 4.79. The van der Waals surface area contributed by atoms with E-state index in [1.165, 1.54) is 0 Å². The molecule has 0 bridgehead atoms. The SMILES string of the molecule is CCNc1cc(CC(C)C)nc2c(Br)cc(Br)cc12. The van der Waals surface area contributed by atoms with Crippen LogP contribution in [-0.4, -0.2) is 11.5 Å². The number of fused-ring (bicyclic) bond motifs is 1. The van der Waals surface area contributed by atoms with Crippen LogP contribution in [0.1, 0.15) is 26.5 Å². The van der Waals surface area contributed by atoms with Gasteiger partial charge in [-0.1, -0.05) is 29.8 Å². The molecule has 1 heterocycles. The number of benzene rings is 1. The Hall–Kier alpha value is -0.610.